The summed E-state index contributed by atoms with van der Waals surface area (Å²) in [5.74, 6) is 0. The van der Waals surface area contributed by atoms with Crippen LogP contribution in [-0.4, -0.2) is 38.1 Å². The first-order valence-electron chi connectivity index (χ1n) is 1.79. The molecule has 0 bridgehead atoms. The van der Waals surface area contributed by atoms with Gasteiger partial charge in [0.05, 0.1) is 28.2 Å². The average molecular weight is 192 g/mol. The van der Waals surface area contributed by atoms with Crippen LogP contribution >= 0.6 is 0 Å². The molecule has 7 heavy (non-hydrogen) atoms. The van der Waals surface area contributed by atoms with Crippen LogP contribution in [-0.2, 0) is 19.5 Å². The van der Waals surface area contributed by atoms with Crippen LogP contribution in [0.15, 0.2) is 0 Å². The molecule has 0 aromatic carbocycles. The molecule has 0 atom stereocenters. The maximum absolute atomic E-state index is 2.12. The van der Waals surface area contributed by atoms with Gasteiger partial charge >= 0.3 is 0 Å². The normalized spacial score (nSPS) is 8.57. The molecule has 0 aromatic heterocycles. The van der Waals surface area contributed by atoms with Crippen molar-refractivity contribution in [2.24, 2.45) is 0 Å². The largest absolute Gasteiger partial charge is 0.870 e. The average Bonchev–Trinajstić information content (AvgIpc) is 0.722. The summed E-state index contributed by atoms with van der Waals surface area (Å²) in [6.45, 7) is 0. The van der Waals surface area contributed by atoms with Gasteiger partial charge in [-0.3, -0.25) is 0 Å². The molecule has 0 radical (unpaired) electrons. The standard InChI is InChI=1S/C4H12N.H2O.Ru/c1-5(2,3)4;;/h1-4H3;1H2;/q+1;;/p-1. The zero-order valence-electron chi connectivity index (χ0n) is 5.25. The summed E-state index contributed by atoms with van der Waals surface area (Å²) in [5.41, 5.74) is 0. The Morgan fingerprint density at radius 1 is 0.857 bits per heavy atom. The molecule has 0 aliphatic carbocycles. The first-order valence-corrected chi connectivity index (χ1v) is 1.79. The monoisotopic (exact) mass is 193 g/mol. The fourth-order valence-electron chi connectivity index (χ4n) is 0. The molecule has 1 N–H and O–H groups in total. The Labute approximate surface area is 58.2 Å². The van der Waals surface area contributed by atoms with Gasteiger partial charge in [-0.25, -0.2) is 0 Å². The van der Waals surface area contributed by atoms with E-state index in [0.29, 0.717) is 0 Å². The van der Waals surface area contributed by atoms with Crippen molar-refractivity contribution in [3.05, 3.63) is 0 Å². The molecule has 2 nitrogen and oxygen atoms in total. The number of hydrogen-bond acceptors (Lipinski definition) is 1. The van der Waals surface area contributed by atoms with Crippen molar-refractivity contribution in [1.29, 1.82) is 0 Å². The van der Waals surface area contributed by atoms with Crippen molar-refractivity contribution >= 4 is 0 Å². The molecule has 0 spiro atoms. The summed E-state index contributed by atoms with van der Waals surface area (Å²) in [6.07, 6.45) is 0. The van der Waals surface area contributed by atoms with Gasteiger partial charge in [-0.15, -0.1) is 0 Å². The van der Waals surface area contributed by atoms with E-state index >= 15 is 0 Å². The van der Waals surface area contributed by atoms with Gasteiger partial charge in [0, 0.05) is 19.5 Å². The predicted molar refractivity (Wildman–Crippen MR) is 25.9 cm³/mol. The second-order valence-corrected chi connectivity index (χ2v) is 2.68. The molecule has 0 aliphatic rings. The maximum atomic E-state index is 2.12. The number of rotatable bonds is 0. The van der Waals surface area contributed by atoms with Crippen molar-refractivity contribution in [2.45, 2.75) is 0 Å². The molecule has 0 aromatic rings. The first-order chi connectivity index (χ1) is 2.00. The minimum atomic E-state index is 0. The molecular weight excluding hydrogens is 179 g/mol. The van der Waals surface area contributed by atoms with Crippen molar-refractivity contribution in [3.63, 3.8) is 0 Å². The van der Waals surface area contributed by atoms with Gasteiger partial charge in [-0.2, -0.15) is 0 Å². The molecule has 48 valence electrons. The van der Waals surface area contributed by atoms with E-state index in [2.05, 4.69) is 28.2 Å². The minimum Gasteiger partial charge on any atom is -0.870 e. The number of hydrogen-bond donors (Lipinski definition) is 0. The quantitative estimate of drug-likeness (QED) is 0.396. The van der Waals surface area contributed by atoms with Gasteiger partial charge in [0.1, 0.15) is 0 Å². The maximum Gasteiger partial charge on any atom is 0.0675 e. The first kappa shape index (κ1) is 15.6. The second-order valence-electron chi connectivity index (χ2n) is 2.68. The molecule has 0 fully saturated rings. The Bertz CT molecular complexity index is 27.2. The Kier molecular flexibility index (Phi) is 10.5. The fraction of sp³-hybridized carbons (Fsp3) is 1.00. The van der Waals surface area contributed by atoms with Crippen LogP contribution in [0.4, 0.5) is 0 Å². The van der Waals surface area contributed by atoms with Crippen molar-refractivity contribution in [2.75, 3.05) is 28.2 Å². The van der Waals surface area contributed by atoms with Gasteiger partial charge in [0.25, 0.3) is 0 Å². The molecule has 0 heterocycles. The van der Waals surface area contributed by atoms with Crippen LogP contribution in [0.1, 0.15) is 0 Å². The van der Waals surface area contributed by atoms with Gasteiger partial charge in [0.15, 0.2) is 0 Å². The molecule has 3 heteroatoms. The molecule has 0 aliphatic heterocycles. The topological polar surface area (TPSA) is 30.0 Å². The second kappa shape index (κ2) is 4.70. The van der Waals surface area contributed by atoms with Gasteiger partial charge in [-0.1, -0.05) is 0 Å². The summed E-state index contributed by atoms with van der Waals surface area (Å²) >= 11 is 0. The van der Waals surface area contributed by atoms with E-state index in [4.69, 9.17) is 0 Å². The van der Waals surface area contributed by atoms with Crippen LogP contribution in [0.3, 0.4) is 0 Å². The summed E-state index contributed by atoms with van der Waals surface area (Å²) < 4.78 is 1.00. The van der Waals surface area contributed by atoms with E-state index in [1.54, 1.807) is 0 Å². The fourth-order valence-corrected chi connectivity index (χ4v) is 0. The molecule has 0 amide bonds. The number of nitrogens with zero attached hydrogens (tertiary/aromatic N) is 1. The van der Waals surface area contributed by atoms with Crippen LogP contribution in [0.25, 0.3) is 0 Å². The Morgan fingerprint density at radius 2 is 0.857 bits per heavy atom. The molecule has 0 saturated carbocycles. The third-order valence-corrected chi connectivity index (χ3v) is 0. The zero-order chi connectivity index (χ0) is 4.50. The Morgan fingerprint density at radius 3 is 0.857 bits per heavy atom. The van der Waals surface area contributed by atoms with E-state index in [1.165, 1.54) is 0 Å². The van der Waals surface area contributed by atoms with Crippen molar-refractivity contribution in [3.8, 4) is 0 Å². The Hall–Kier alpha value is 0.543. The van der Waals surface area contributed by atoms with Crippen molar-refractivity contribution in [1.82, 2.24) is 0 Å². The molecule has 0 saturated heterocycles. The molecular formula is C4H13NORu. The summed E-state index contributed by atoms with van der Waals surface area (Å²) in [5, 5.41) is 0. The van der Waals surface area contributed by atoms with E-state index < -0.39 is 0 Å². The van der Waals surface area contributed by atoms with E-state index in [9.17, 15) is 0 Å². The zero-order valence-corrected chi connectivity index (χ0v) is 6.99. The van der Waals surface area contributed by atoms with Gasteiger partial charge in [0.2, 0.25) is 0 Å². The van der Waals surface area contributed by atoms with E-state index in [-0.39, 0.29) is 25.0 Å². The minimum absolute atomic E-state index is 0. The summed E-state index contributed by atoms with van der Waals surface area (Å²) in [4.78, 5) is 0. The molecule has 0 rings (SSSR count). The van der Waals surface area contributed by atoms with E-state index in [1.807, 2.05) is 0 Å². The molecule has 0 unspecified atom stereocenters. The summed E-state index contributed by atoms with van der Waals surface area (Å²) in [7, 11) is 8.50. The third-order valence-electron chi connectivity index (χ3n) is 0. The van der Waals surface area contributed by atoms with Gasteiger partial charge in [-0.05, 0) is 0 Å². The third kappa shape index (κ3) is 457. The van der Waals surface area contributed by atoms with Crippen LogP contribution in [0.5, 0.6) is 0 Å². The van der Waals surface area contributed by atoms with Crippen molar-refractivity contribution < 1.29 is 29.4 Å². The van der Waals surface area contributed by atoms with E-state index in [0.717, 1.165) is 4.48 Å². The number of quaternary nitrogens is 1. The van der Waals surface area contributed by atoms with Crippen LogP contribution < -0.4 is 0 Å². The Balaban J connectivity index is -0.0000000800. The van der Waals surface area contributed by atoms with Gasteiger partial charge < -0.3 is 9.96 Å². The van der Waals surface area contributed by atoms with Crippen LogP contribution in [0.2, 0.25) is 0 Å². The summed E-state index contributed by atoms with van der Waals surface area (Å²) in [6, 6.07) is 0. The smallest absolute Gasteiger partial charge is 0.0675 e. The van der Waals surface area contributed by atoms with Crippen LogP contribution in [0, 0.1) is 0 Å². The predicted octanol–water partition coefficient (Wildman–Crippen LogP) is 0.143. The SMILES string of the molecule is C[N+](C)(C)C.[OH-].[Ru].